The number of rotatable bonds is 4. The summed E-state index contributed by atoms with van der Waals surface area (Å²) in [4.78, 5) is 16.4. The maximum absolute atomic E-state index is 14.1. The Kier molecular flexibility index (Phi) is 5.15. The normalized spacial score (nSPS) is 19.5. The zero-order valence-corrected chi connectivity index (χ0v) is 15.6. The van der Waals surface area contributed by atoms with Crippen molar-refractivity contribution in [1.82, 2.24) is 9.80 Å². The van der Waals surface area contributed by atoms with Crippen molar-refractivity contribution >= 4 is 5.91 Å². The molecule has 2 saturated heterocycles. The molecule has 2 aliphatic heterocycles. The fourth-order valence-electron chi connectivity index (χ4n) is 4.48. The molecule has 0 unspecified atom stereocenters. The molecule has 0 aromatic heterocycles. The van der Waals surface area contributed by atoms with Gasteiger partial charge in [0.2, 0.25) is 5.91 Å². The molecule has 0 bridgehead atoms. The third-order valence-electron chi connectivity index (χ3n) is 6.15. The van der Waals surface area contributed by atoms with Gasteiger partial charge in [-0.25, -0.2) is 13.2 Å². The molecule has 3 nitrogen and oxygen atoms in total. The molecule has 2 aromatic rings. The molecule has 0 aliphatic carbocycles. The summed E-state index contributed by atoms with van der Waals surface area (Å²) < 4.78 is 41.4. The number of amides is 1. The maximum atomic E-state index is 14.1. The van der Waals surface area contributed by atoms with Crippen molar-refractivity contribution < 1.29 is 18.0 Å². The van der Waals surface area contributed by atoms with E-state index in [1.54, 1.807) is 18.2 Å². The van der Waals surface area contributed by atoms with E-state index in [2.05, 4.69) is 4.90 Å². The van der Waals surface area contributed by atoms with E-state index in [9.17, 15) is 18.0 Å². The Balaban J connectivity index is 1.45. The molecule has 0 saturated carbocycles. The van der Waals surface area contributed by atoms with Crippen molar-refractivity contribution in [3.8, 4) is 0 Å². The average molecular weight is 388 g/mol. The van der Waals surface area contributed by atoms with Crippen LogP contribution in [0.15, 0.2) is 42.5 Å². The first-order valence-corrected chi connectivity index (χ1v) is 9.67. The highest BCUT2D eigenvalue weighted by molar-refractivity contribution is 5.79. The van der Waals surface area contributed by atoms with Crippen LogP contribution in [0.1, 0.15) is 36.8 Å². The van der Waals surface area contributed by atoms with Crippen molar-refractivity contribution in [3.05, 3.63) is 71.0 Å². The van der Waals surface area contributed by atoms with Crippen LogP contribution in [0.4, 0.5) is 13.2 Å². The number of hydrogen-bond acceptors (Lipinski definition) is 2. The Bertz CT molecular complexity index is 878. The molecule has 0 atom stereocenters. The van der Waals surface area contributed by atoms with Gasteiger partial charge in [0.15, 0.2) is 0 Å². The molecule has 1 spiro atoms. The molecular weight excluding hydrogens is 365 g/mol. The average Bonchev–Trinajstić information content (AvgIpc) is 2.98. The fourth-order valence-corrected chi connectivity index (χ4v) is 4.48. The van der Waals surface area contributed by atoms with Crippen molar-refractivity contribution in [2.45, 2.75) is 44.3 Å². The highest BCUT2D eigenvalue weighted by atomic mass is 19.1. The molecule has 6 heteroatoms. The lowest BCUT2D eigenvalue weighted by molar-refractivity contribution is -0.133. The summed E-state index contributed by atoms with van der Waals surface area (Å²) in [6, 6.07) is 10.1. The highest BCUT2D eigenvalue weighted by Crippen LogP contribution is 2.40. The molecular formula is C22H23F3N2O. The smallest absolute Gasteiger partial charge is 0.223 e. The third kappa shape index (κ3) is 3.65. The lowest BCUT2D eigenvalue weighted by Gasteiger charge is -2.45. The first-order valence-electron chi connectivity index (χ1n) is 9.67. The molecule has 148 valence electrons. The third-order valence-corrected chi connectivity index (χ3v) is 6.15. The highest BCUT2D eigenvalue weighted by Gasteiger charge is 2.46. The maximum Gasteiger partial charge on any atom is 0.223 e. The molecule has 1 amide bonds. The number of nitrogens with zero attached hydrogens (tertiary/aromatic N) is 2. The number of hydrogen-bond donors (Lipinski definition) is 0. The minimum Gasteiger partial charge on any atom is -0.332 e. The zero-order valence-electron chi connectivity index (χ0n) is 15.6. The molecule has 2 aromatic carbocycles. The fraction of sp³-hybridized carbons (Fsp3) is 0.409. The second-order valence-corrected chi connectivity index (χ2v) is 7.81. The van der Waals surface area contributed by atoms with Gasteiger partial charge in [-0.05, 0) is 43.5 Å². The van der Waals surface area contributed by atoms with Gasteiger partial charge in [0.05, 0.1) is 0 Å². The van der Waals surface area contributed by atoms with Gasteiger partial charge < -0.3 is 4.90 Å². The van der Waals surface area contributed by atoms with Gasteiger partial charge in [-0.3, -0.25) is 9.69 Å². The summed E-state index contributed by atoms with van der Waals surface area (Å²) in [6.45, 7) is 2.01. The molecule has 28 heavy (non-hydrogen) atoms. The Morgan fingerprint density at radius 1 is 0.857 bits per heavy atom. The van der Waals surface area contributed by atoms with E-state index >= 15 is 0 Å². The molecule has 4 rings (SSSR count). The quantitative estimate of drug-likeness (QED) is 0.781. The Labute approximate surface area is 162 Å². The number of benzene rings is 2. The number of carbonyl (C=O) groups excluding carboxylic acids is 1. The minimum absolute atomic E-state index is 0.0628. The number of halogens is 3. The van der Waals surface area contributed by atoms with Gasteiger partial charge in [0.1, 0.15) is 17.5 Å². The van der Waals surface area contributed by atoms with E-state index in [-0.39, 0.29) is 23.8 Å². The van der Waals surface area contributed by atoms with Gasteiger partial charge in [0, 0.05) is 49.3 Å². The summed E-state index contributed by atoms with van der Waals surface area (Å²) in [5.41, 5.74) is 0.610. The lowest BCUT2D eigenvalue weighted by atomic mass is 9.84. The molecule has 2 fully saturated rings. The van der Waals surface area contributed by atoms with E-state index in [4.69, 9.17) is 0 Å². The van der Waals surface area contributed by atoms with E-state index in [1.807, 2.05) is 4.90 Å². The first-order chi connectivity index (χ1) is 13.5. The van der Waals surface area contributed by atoms with Crippen LogP contribution >= 0.6 is 0 Å². The van der Waals surface area contributed by atoms with Crippen molar-refractivity contribution in [3.63, 3.8) is 0 Å². The van der Waals surface area contributed by atoms with Crippen LogP contribution < -0.4 is 0 Å². The van der Waals surface area contributed by atoms with E-state index in [1.165, 1.54) is 12.1 Å². The zero-order chi connectivity index (χ0) is 19.7. The predicted octanol–water partition coefficient (Wildman–Crippen LogP) is 4.26. The number of likely N-dealkylation sites (tertiary alicyclic amines) is 2. The topological polar surface area (TPSA) is 23.6 Å². The van der Waals surface area contributed by atoms with Crippen LogP contribution in [0, 0.1) is 17.5 Å². The summed E-state index contributed by atoms with van der Waals surface area (Å²) >= 11 is 0. The van der Waals surface area contributed by atoms with E-state index in [0.29, 0.717) is 37.2 Å². The molecule has 0 N–H and O–H groups in total. The molecule has 0 radical (unpaired) electrons. The lowest BCUT2D eigenvalue weighted by Crippen LogP contribution is -2.52. The first kappa shape index (κ1) is 19.0. The van der Waals surface area contributed by atoms with Crippen LogP contribution in [0.25, 0.3) is 0 Å². The largest absolute Gasteiger partial charge is 0.332 e. The number of carbonyl (C=O) groups is 1. The Morgan fingerprint density at radius 2 is 1.57 bits per heavy atom. The second-order valence-electron chi connectivity index (χ2n) is 7.81. The van der Waals surface area contributed by atoms with Crippen molar-refractivity contribution in [1.29, 1.82) is 0 Å². The second kappa shape index (κ2) is 7.59. The Hall–Kier alpha value is -2.34. The standard InChI is InChI=1S/C22H23F3N2O/c23-18-5-6-20(25)17(13-18)14-26-11-9-22(10-12-26)8-7-21(28)27(22)15-16-3-1-2-4-19(16)24/h1-6,13H,7-12,14-15H2. The van der Waals surface area contributed by atoms with E-state index in [0.717, 1.165) is 31.4 Å². The Morgan fingerprint density at radius 3 is 2.32 bits per heavy atom. The summed E-state index contributed by atoms with van der Waals surface area (Å²) in [7, 11) is 0. The summed E-state index contributed by atoms with van der Waals surface area (Å²) in [5.74, 6) is -1.08. The molecule has 2 heterocycles. The van der Waals surface area contributed by atoms with E-state index < -0.39 is 11.6 Å². The number of piperidine rings is 1. The van der Waals surface area contributed by atoms with Gasteiger partial charge in [-0.1, -0.05) is 18.2 Å². The summed E-state index contributed by atoms with van der Waals surface area (Å²) in [6.07, 6.45) is 2.75. The van der Waals surface area contributed by atoms with Crippen molar-refractivity contribution in [2.75, 3.05) is 13.1 Å². The van der Waals surface area contributed by atoms with Crippen LogP contribution in [0.2, 0.25) is 0 Å². The van der Waals surface area contributed by atoms with Gasteiger partial charge in [0.25, 0.3) is 0 Å². The van der Waals surface area contributed by atoms with Crippen LogP contribution in [0.5, 0.6) is 0 Å². The predicted molar refractivity (Wildman–Crippen MR) is 99.8 cm³/mol. The monoisotopic (exact) mass is 388 g/mol. The van der Waals surface area contributed by atoms with Crippen LogP contribution in [-0.2, 0) is 17.9 Å². The van der Waals surface area contributed by atoms with Gasteiger partial charge >= 0.3 is 0 Å². The SMILES string of the molecule is O=C1CCC2(CCN(Cc3cc(F)ccc3F)CC2)N1Cc1ccccc1F. The van der Waals surface area contributed by atoms with Gasteiger partial charge in [-0.2, -0.15) is 0 Å². The van der Waals surface area contributed by atoms with Crippen LogP contribution in [-0.4, -0.2) is 34.3 Å². The summed E-state index contributed by atoms with van der Waals surface area (Å²) in [5, 5.41) is 0. The van der Waals surface area contributed by atoms with Crippen molar-refractivity contribution in [2.24, 2.45) is 0 Å². The van der Waals surface area contributed by atoms with Gasteiger partial charge in [-0.15, -0.1) is 0 Å². The molecule has 2 aliphatic rings. The minimum atomic E-state index is -0.442. The van der Waals surface area contributed by atoms with Crippen LogP contribution in [0.3, 0.4) is 0 Å².